The molecule has 0 saturated heterocycles. The van der Waals surface area contributed by atoms with Crippen molar-refractivity contribution in [1.29, 1.82) is 0 Å². The van der Waals surface area contributed by atoms with Crippen LogP contribution in [-0.4, -0.2) is 28.7 Å². The number of urea groups is 1. The summed E-state index contributed by atoms with van der Waals surface area (Å²) in [7, 11) is 0. The van der Waals surface area contributed by atoms with Crippen LogP contribution in [0.2, 0.25) is 0 Å². The van der Waals surface area contributed by atoms with Gasteiger partial charge in [-0.3, -0.25) is 0 Å². The van der Waals surface area contributed by atoms with Crippen LogP contribution in [0, 0.1) is 11.8 Å². The molecule has 21 heavy (non-hydrogen) atoms. The van der Waals surface area contributed by atoms with Gasteiger partial charge in [0.2, 0.25) is 0 Å². The molecular weight excluding hydrogens is 268 g/mol. The fourth-order valence-corrected chi connectivity index (χ4v) is 3.31. The van der Waals surface area contributed by atoms with Gasteiger partial charge in [0.05, 0.1) is 0 Å². The van der Waals surface area contributed by atoms with Gasteiger partial charge in [0, 0.05) is 6.04 Å². The number of hydrogen-bond acceptors (Lipinski definition) is 2. The van der Waals surface area contributed by atoms with E-state index in [1.807, 2.05) is 6.92 Å². The summed E-state index contributed by atoms with van der Waals surface area (Å²) in [6.07, 6.45) is 5.58. The molecule has 1 aliphatic carbocycles. The van der Waals surface area contributed by atoms with Crippen molar-refractivity contribution in [1.82, 2.24) is 10.6 Å². The molecule has 0 aliphatic heterocycles. The molecule has 2 amide bonds. The molecule has 0 radical (unpaired) electrons. The number of carboxylic acid groups (broad SMARTS) is 1. The van der Waals surface area contributed by atoms with Crippen molar-refractivity contribution in [2.45, 2.75) is 77.8 Å². The van der Waals surface area contributed by atoms with Crippen LogP contribution in [0.5, 0.6) is 0 Å². The summed E-state index contributed by atoms with van der Waals surface area (Å²) in [5.41, 5.74) is -1.19. The second-order valence-electron chi connectivity index (χ2n) is 6.78. The van der Waals surface area contributed by atoms with E-state index in [-0.39, 0.29) is 12.1 Å². The van der Waals surface area contributed by atoms with Gasteiger partial charge in [0.1, 0.15) is 5.54 Å². The van der Waals surface area contributed by atoms with Gasteiger partial charge in [0.15, 0.2) is 0 Å². The van der Waals surface area contributed by atoms with E-state index < -0.39 is 11.5 Å². The van der Waals surface area contributed by atoms with Gasteiger partial charge >= 0.3 is 12.0 Å². The summed E-state index contributed by atoms with van der Waals surface area (Å²) in [6.45, 7) is 7.85. The van der Waals surface area contributed by atoms with Gasteiger partial charge in [-0.2, -0.15) is 0 Å². The molecule has 0 aromatic carbocycles. The van der Waals surface area contributed by atoms with E-state index in [0.717, 1.165) is 19.3 Å². The molecule has 0 bridgehead atoms. The number of carbonyl (C=O) groups is 2. The van der Waals surface area contributed by atoms with E-state index in [9.17, 15) is 14.7 Å². The van der Waals surface area contributed by atoms with Crippen LogP contribution in [0.25, 0.3) is 0 Å². The maximum atomic E-state index is 12.2. The van der Waals surface area contributed by atoms with E-state index in [2.05, 4.69) is 24.5 Å². The molecule has 5 heteroatoms. The smallest absolute Gasteiger partial charge is 0.329 e. The third-order valence-corrected chi connectivity index (χ3v) is 4.60. The van der Waals surface area contributed by atoms with Gasteiger partial charge in [0.25, 0.3) is 0 Å². The molecule has 1 rings (SSSR count). The minimum atomic E-state index is -1.19. The molecular formula is C16H30N2O3. The normalized spacial score (nSPS) is 25.2. The first-order valence-corrected chi connectivity index (χ1v) is 8.12. The third kappa shape index (κ3) is 4.90. The Morgan fingerprint density at radius 1 is 1.29 bits per heavy atom. The molecule has 0 heterocycles. The zero-order chi connectivity index (χ0) is 16.0. The zero-order valence-corrected chi connectivity index (χ0v) is 13.7. The molecule has 3 N–H and O–H groups in total. The summed E-state index contributed by atoms with van der Waals surface area (Å²) in [5, 5.41) is 15.0. The van der Waals surface area contributed by atoms with Gasteiger partial charge in [-0.1, -0.05) is 40.0 Å². The third-order valence-electron chi connectivity index (χ3n) is 4.60. The van der Waals surface area contributed by atoms with Crippen LogP contribution < -0.4 is 10.6 Å². The molecule has 1 aliphatic rings. The van der Waals surface area contributed by atoms with E-state index in [1.54, 1.807) is 6.92 Å². The molecule has 0 aromatic rings. The highest BCUT2D eigenvalue weighted by Crippen LogP contribution is 2.30. The summed E-state index contributed by atoms with van der Waals surface area (Å²) < 4.78 is 0. The van der Waals surface area contributed by atoms with Crippen LogP contribution in [-0.2, 0) is 4.79 Å². The average molecular weight is 298 g/mol. The lowest BCUT2D eigenvalue weighted by Gasteiger charge is -2.36. The van der Waals surface area contributed by atoms with E-state index in [4.69, 9.17) is 0 Å². The summed E-state index contributed by atoms with van der Waals surface area (Å²) in [5.74, 6) is 0.0208. The number of nitrogens with one attached hydrogen (secondary N) is 2. The predicted molar refractivity (Wildman–Crippen MR) is 83.2 cm³/mol. The summed E-state index contributed by atoms with van der Waals surface area (Å²) in [6, 6.07) is -0.204. The fraction of sp³-hybridized carbons (Fsp3) is 0.875. The fourth-order valence-electron chi connectivity index (χ4n) is 3.31. The van der Waals surface area contributed by atoms with Crippen LogP contribution in [0.15, 0.2) is 0 Å². The van der Waals surface area contributed by atoms with Crippen molar-refractivity contribution < 1.29 is 14.7 Å². The van der Waals surface area contributed by atoms with Gasteiger partial charge in [-0.25, -0.2) is 9.59 Å². The Morgan fingerprint density at radius 3 is 2.43 bits per heavy atom. The highest BCUT2D eigenvalue weighted by molar-refractivity contribution is 5.85. The lowest BCUT2D eigenvalue weighted by Crippen LogP contribution is -2.57. The van der Waals surface area contributed by atoms with Gasteiger partial charge in [-0.15, -0.1) is 0 Å². The highest BCUT2D eigenvalue weighted by Gasteiger charge is 2.35. The maximum Gasteiger partial charge on any atom is 0.329 e. The lowest BCUT2D eigenvalue weighted by molar-refractivity contribution is -0.144. The predicted octanol–water partition coefficient (Wildman–Crippen LogP) is 3.14. The number of hydrogen-bond donors (Lipinski definition) is 3. The van der Waals surface area contributed by atoms with E-state index >= 15 is 0 Å². The molecule has 3 unspecified atom stereocenters. The first-order valence-electron chi connectivity index (χ1n) is 8.12. The average Bonchev–Trinajstić information content (AvgIpc) is 2.38. The molecule has 5 nitrogen and oxygen atoms in total. The van der Waals surface area contributed by atoms with Crippen molar-refractivity contribution in [2.24, 2.45) is 11.8 Å². The summed E-state index contributed by atoms with van der Waals surface area (Å²) >= 11 is 0. The number of aliphatic carboxylic acids is 1. The Bertz CT molecular complexity index is 371. The maximum absolute atomic E-state index is 12.2. The zero-order valence-electron chi connectivity index (χ0n) is 13.7. The molecule has 3 atom stereocenters. The molecule has 0 spiro atoms. The second-order valence-corrected chi connectivity index (χ2v) is 6.78. The van der Waals surface area contributed by atoms with Crippen molar-refractivity contribution >= 4 is 12.0 Å². The van der Waals surface area contributed by atoms with E-state index in [1.165, 1.54) is 6.42 Å². The van der Waals surface area contributed by atoms with Gasteiger partial charge < -0.3 is 15.7 Å². The molecule has 0 aromatic heterocycles. The SMILES string of the molecule is CCCC(C)(NC(=O)NC1CCCCC1C(C)C)C(=O)O. The first kappa shape index (κ1) is 17.8. The van der Waals surface area contributed by atoms with Crippen molar-refractivity contribution in [3.63, 3.8) is 0 Å². The van der Waals surface area contributed by atoms with Crippen LogP contribution in [0.4, 0.5) is 4.79 Å². The van der Waals surface area contributed by atoms with Crippen LogP contribution in [0.1, 0.15) is 66.2 Å². The van der Waals surface area contributed by atoms with Crippen molar-refractivity contribution in [2.75, 3.05) is 0 Å². The van der Waals surface area contributed by atoms with Crippen molar-refractivity contribution in [3.8, 4) is 0 Å². The monoisotopic (exact) mass is 298 g/mol. The van der Waals surface area contributed by atoms with Crippen LogP contribution >= 0.6 is 0 Å². The Balaban J connectivity index is 2.64. The first-order chi connectivity index (χ1) is 9.80. The Kier molecular flexibility index (Phi) is 6.49. The minimum absolute atomic E-state index is 0.151. The second kappa shape index (κ2) is 7.66. The topological polar surface area (TPSA) is 78.4 Å². The quantitative estimate of drug-likeness (QED) is 0.705. The number of carboxylic acids is 1. The molecule has 122 valence electrons. The Labute approximate surface area is 127 Å². The minimum Gasteiger partial charge on any atom is -0.480 e. The summed E-state index contributed by atoms with van der Waals surface area (Å²) in [4.78, 5) is 23.6. The van der Waals surface area contributed by atoms with Gasteiger partial charge in [-0.05, 0) is 38.0 Å². The number of amides is 2. The number of carbonyl (C=O) groups excluding carboxylic acids is 1. The largest absolute Gasteiger partial charge is 0.480 e. The van der Waals surface area contributed by atoms with Crippen molar-refractivity contribution in [3.05, 3.63) is 0 Å². The standard InChI is InChI=1S/C16H30N2O3/c1-5-10-16(4,14(19)20)18-15(21)17-13-9-7-6-8-12(13)11(2)3/h11-13H,5-10H2,1-4H3,(H,19,20)(H2,17,18,21). The number of rotatable bonds is 6. The van der Waals surface area contributed by atoms with E-state index in [0.29, 0.717) is 24.7 Å². The lowest BCUT2D eigenvalue weighted by atomic mass is 9.78. The molecule has 1 saturated carbocycles. The molecule has 1 fully saturated rings. The Morgan fingerprint density at radius 2 is 1.90 bits per heavy atom. The Hall–Kier alpha value is -1.26. The highest BCUT2D eigenvalue weighted by atomic mass is 16.4. The van der Waals surface area contributed by atoms with Crippen LogP contribution in [0.3, 0.4) is 0 Å².